The normalized spacial score (nSPS) is 40.1. The van der Waals surface area contributed by atoms with Crippen molar-refractivity contribution in [1.82, 2.24) is 0 Å². The third-order valence-electron chi connectivity index (χ3n) is 6.86. The van der Waals surface area contributed by atoms with Crippen LogP contribution in [0.3, 0.4) is 0 Å². The first-order valence-corrected chi connectivity index (χ1v) is 9.24. The molecular formula is C20H30O2. The molecule has 3 aliphatic rings. The molecule has 0 aromatic heterocycles. The summed E-state index contributed by atoms with van der Waals surface area (Å²) in [6.45, 7) is 3.90. The van der Waals surface area contributed by atoms with Crippen LogP contribution in [0.2, 0.25) is 0 Å². The van der Waals surface area contributed by atoms with E-state index in [-0.39, 0.29) is 0 Å². The van der Waals surface area contributed by atoms with Gasteiger partial charge < -0.3 is 0 Å². The van der Waals surface area contributed by atoms with Gasteiger partial charge in [0.05, 0.1) is 0 Å². The molecule has 3 fully saturated rings. The van der Waals surface area contributed by atoms with E-state index in [0.717, 1.165) is 24.7 Å². The van der Waals surface area contributed by atoms with Crippen molar-refractivity contribution in [2.24, 2.45) is 29.1 Å². The van der Waals surface area contributed by atoms with Gasteiger partial charge in [-0.05, 0) is 80.6 Å². The number of hydrogen-bond acceptors (Lipinski definition) is 2. The van der Waals surface area contributed by atoms with Crippen molar-refractivity contribution in [2.75, 3.05) is 0 Å². The third-order valence-corrected chi connectivity index (χ3v) is 6.86. The first-order chi connectivity index (χ1) is 10.6. The van der Waals surface area contributed by atoms with E-state index in [4.69, 9.17) is 0 Å². The first-order valence-electron chi connectivity index (χ1n) is 9.24. The van der Waals surface area contributed by atoms with Crippen LogP contribution in [0.5, 0.6) is 0 Å². The molecule has 3 aliphatic carbocycles. The molecule has 3 rings (SSSR count). The highest BCUT2D eigenvalue weighted by Crippen LogP contribution is 2.68. The molecule has 0 aliphatic heterocycles. The van der Waals surface area contributed by atoms with Gasteiger partial charge in [0.1, 0.15) is 5.78 Å². The zero-order valence-corrected chi connectivity index (χ0v) is 14.1. The highest BCUT2D eigenvalue weighted by Gasteiger charge is 2.59. The number of Topliss-reactive ketones (excluding diaryl/α,β-unsaturated/α-hetero) is 1. The monoisotopic (exact) mass is 302 g/mol. The Balaban J connectivity index is 1.63. The summed E-state index contributed by atoms with van der Waals surface area (Å²) < 4.78 is 0. The van der Waals surface area contributed by atoms with E-state index in [1.165, 1.54) is 38.5 Å². The Hall–Kier alpha value is -0.920. The number of rotatable bonds is 6. The number of hydrogen-bond donors (Lipinski definition) is 0. The van der Waals surface area contributed by atoms with Gasteiger partial charge in [0.2, 0.25) is 0 Å². The van der Waals surface area contributed by atoms with Gasteiger partial charge in [-0.2, -0.15) is 0 Å². The second-order valence-electron chi connectivity index (χ2n) is 8.08. The lowest BCUT2D eigenvalue weighted by Gasteiger charge is -2.57. The molecule has 0 aromatic rings. The Morgan fingerprint density at radius 1 is 1.09 bits per heavy atom. The van der Waals surface area contributed by atoms with Crippen LogP contribution in [-0.4, -0.2) is 11.6 Å². The number of allylic oxidation sites excluding steroid dienone is 2. The molecule has 122 valence electrons. The van der Waals surface area contributed by atoms with Crippen molar-refractivity contribution in [3.8, 4) is 0 Å². The maximum Gasteiger partial charge on any atom is 0.155 e. The number of carbonyl (C=O) groups excluding carboxylic acids is 2. The minimum Gasteiger partial charge on any atom is -0.300 e. The molecule has 0 amide bonds. The summed E-state index contributed by atoms with van der Waals surface area (Å²) >= 11 is 0. The predicted molar refractivity (Wildman–Crippen MR) is 88.4 cm³/mol. The molecule has 0 heterocycles. The lowest BCUT2D eigenvalue weighted by Crippen LogP contribution is -2.48. The molecule has 0 N–H and O–H groups in total. The first kappa shape index (κ1) is 16.0. The maximum atomic E-state index is 11.9. The summed E-state index contributed by atoms with van der Waals surface area (Å²) in [6, 6.07) is 0. The molecule has 22 heavy (non-hydrogen) atoms. The zero-order valence-electron chi connectivity index (χ0n) is 14.1. The van der Waals surface area contributed by atoms with E-state index >= 15 is 0 Å². The zero-order chi connectivity index (χ0) is 15.7. The fourth-order valence-corrected chi connectivity index (χ4v) is 5.86. The van der Waals surface area contributed by atoms with Crippen LogP contribution >= 0.6 is 0 Å². The van der Waals surface area contributed by atoms with Crippen molar-refractivity contribution in [3.05, 3.63) is 12.2 Å². The number of ketones is 2. The van der Waals surface area contributed by atoms with Gasteiger partial charge in [-0.25, -0.2) is 0 Å². The van der Waals surface area contributed by atoms with E-state index in [1.807, 2.05) is 19.9 Å². The predicted octanol–water partition coefficient (Wildman–Crippen LogP) is 4.72. The Bertz CT molecular complexity index is 478. The van der Waals surface area contributed by atoms with E-state index in [1.54, 1.807) is 6.08 Å². The highest BCUT2D eigenvalue weighted by atomic mass is 16.1. The van der Waals surface area contributed by atoms with Gasteiger partial charge in [-0.3, -0.25) is 9.59 Å². The van der Waals surface area contributed by atoms with Gasteiger partial charge in [0.15, 0.2) is 5.78 Å². The maximum absolute atomic E-state index is 11.9. The largest absolute Gasteiger partial charge is 0.300 e. The Labute approximate surface area is 134 Å². The number of carbonyl (C=O) groups is 2. The Morgan fingerprint density at radius 2 is 1.82 bits per heavy atom. The van der Waals surface area contributed by atoms with Gasteiger partial charge in [0.25, 0.3) is 0 Å². The summed E-state index contributed by atoms with van der Waals surface area (Å²) in [4.78, 5) is 23.7. The summed E-state index contributed by atoms with van der Waals surface area (Å²) in [6.07, 6.45) is 13.6. The summed E-state index contributed by atoms with van der Waals surface area (Å²) in [5.74, 6) is 3.60. The van der Waals surface area contributed by atoms with Crippen molar-refractivity contribution >= 4 is 11.6 Å². The van der Waals surface area contributed by atoms with E-state index in [2.05, 4.69) is 0 Å². The van der Waals surface area contributed by atoms with Gasteiger partial charge in [-0.15, -0.1) is 0 Å². The van der Waals surface area contributed by atoms with Crippen molar-refractivity contribution in [2.45, 2.75) is 71.6 Å². The molecule has 0 radical (unpaired) electrons. The van der Waals surface area contributed by atoms with Crippen LogP contribution in [-0.2, 0) is 9.59 Å². The fourth-order valence-electron chi connectivity index (χ4n) is 5.86. The average molecular weight is 302 g/mol. The molecule has 5 unspecified atom stereocenters. The SMILES string of the molecule is C/C=C/C(=O)CC1CC2CC(CC(=O)CC)CC3CCC32C1. The van der Waals surface area contributed by atoms with Gasteiger partial charge in [-0.1, -0.05) is 13.0 Å². The molecule has 2 heteroatoms. The van der Waals surface area contributed by atoms with Crippen LogP contribution < -0.4 is 0 Å². The van der Waals surface area contributed by atoms with Crippen molar-refractivity contribution < 1.29 is 9.59 Å². The van der Waals surface area contributed by atoms with Crippen LogP contribution in [0.15, 0.2) is 12.2 Å². The second-order valence-corrected chi connectivity index (χ2v) is 8.08. The lowest BCUT2D eigenvalue weighted by atomic mass is 9.48. The molecule has 0 saturated heterocycles. The van der Waals surface area contributed by atoms with Gasteiger partial charge >= 0.3 is 0 Å². The fraction of sp³-hybridized carbons (Fsp3) is 0.800. The van der Waals surface area contributed by atoms with Crippen LogP contribution in [0.25, 0.3) is 0 Å². The lowest BCUT2D eigenvalue weighted by molar-refractivity contribution is -0.122. The topological polar surface area (TPSA) is 34.1 Å². The second kappa shape index (κ2) is 6.29. The summed E-state index contributed by atoms with van der Waals surface area (Å²) in [7, 11) is 0. The van der Waals surface area contributed by atoms with Crippen LogP contribution in [0.4, 0.5) is 0 Å². The third kappa shape index (κ3) is 2.81. The summed E-state index contributed by atoms with van der Waals surface area (Å²) in [5, 5.41) is 0. The van der Waals surface area contributed by atoms with E-state index in [0.29, 0.717) is 35.2 Å². The molecular weight excluding hydrogens is 272 g/mol. The summed E-state index contributed by atoms with van der Waals surface area (Å²) in [5.41, 5.74) is 0.562. The average Bonchev–Trinajstić information content (AvgIpc) is 2.83. The quantitative estimate of drug-likeness (QED) is 0.665. The van der Waals surface area contributed by atoms with Crippen molar-refractivity contribution in [1.29, 1.82) is 0 Å². The standard InChI is InChI=1S/C20H30O2/c1-3-5-19(22)12-15-10-17-9-14(11-18(21)4-2)8-16-6-7-20(16,17)13-15/h3,5,14-17H,4,6-13H2,1-2H3/b5-3+. The minimum atomic E-state index is 0.302. The minimum absolute atomic E-state index is 0.302. The molecule has 5 atom stereocenters. The Morgan fingerprint density at radius 3 is 2.45 bits per heavy atom. The molecule has 1 spiro atoms. The van der Waals surface area contributed by atoms with Crippen molar-refractivity contribution in [3.63, 3.8) is 0 Å². The van der Waals surface area contributed by atoms with E-state index in [9.17, 15) is 9.59 Å². The highest BCUT2D eigenvalue weighted by molar-refractivity contribution is 5.89. The van der Waals surface area contributed by atoms with E-state index < -0.39 is 0 Å². The van der Waals surface area contributed by atoms with Crippen LogP contribution in [0, 0.1) is 29.1 Å². The molecule has 0 aromatic carbocycles. The molecule has 3 saturated carbocycles. The van der Waals surface area contributed by atoms with Crippen LogP contribution in [0.1, 0.15) is 71.6 Å². The molecule has 2 nitrogen and oxygen atoms in total. The molecule has 0 bridgehead atoms. The Kier molecular flexibility index (Phi) is 4.56. The van der Waals surface area contributed by atoms with Gasteiger partial charge in [0, 0.05) is 19.3 Å². The smallest absolute Gasteiger partial charge is 0.155 e.